The van der Waals surface area contributed by atoms with Crippen molar-refractivity contribution in [3.63, 3.8) is 0 Å². The zero-order chi connectivity index (χ0) is 18.9. The van der Waals surface area contributed by atoms with Crippen molar-refractivity contribution in [1.82, 2.24) is 20.5 Å². The Balaban J connectivity index is 1.34. The molecule has 1 aliphatic heterocycles. The minimum absolute atomic E-state index is 0.299. The zero-order valence-electron chi connectivity index (χ0n) is 16.6. The molecule has 6 nitrogen and oxygen atoms in total. The smallest absolute Gasteiger partial charge is 0.222 e. The van der Waals surface area contributed by atoms with Gasteiger partial charge in [-0.1, -0.05) is 0 Å². The van der Waals surface area contributed by atoms with E-state index in [-0.39, 0.29) is 0 Å². The van der Waals surface area contributed by atoms with Crippen molar-refractivity contribution in [2.24, 2.45) is 4.99 Å². The molecule has 150 valence electrons. The molecule has 2 N–H and O–H groups in total. The van der Waals surface area contributed by atoms with Crippen molar-refractivity contribution >= 4 is 23.2 Å². The molecule has 0 bridgehead atoms. The van der Waals surface area contributed by atoms with Gasteiger partial charge in [-0.2, -0.15) is 0 Å². The molecule has 7 heteroatoms. The number of fused-ring (bicyclic) bond motifs is 1. The van der Waals surface area contributed by atoms with E-state index in [1.54, 1.807) is 0 Å². The molecule has 2 heterocycles. The number of carbonyl (C=O) groups excluding carboxylic acids is 1. The number of nitrogens with zero attached hydrogens (tertiary/aromatic N) is 3. The van der Waals surface area contributed by atoms with Gasteiger partial charge >= 0.3 is 0 Å². The van der Waals surface area contributed by atoms with E-state index >= 15 is 0 Å². The Kier molecular flexibility index (Phi) is 7.93. The van der Waals surface area contributed by atoms with Crippen molar-refractivity contribution in [2.75, 3.05) is 32.7 Å². The van der Waals surface area contributed by atoms with E-state index in [9.17, 15) is 4.79 Å². The normalized spacial score (nSPS) is 17.3. The van der Waals surface area contributed by atoms with Crippen LogP contribution >= 0.6 is 11.3 Å². The number of aliphatic imine (C=N–C) groups is 1. The Bertz CT molecular complexity index is 619. The zero-order valence-corrected chi connectivity index (χ0v) is 17.4. The molecule has 1 aromatic rings. The Hall–Kier alpha value is -1.63. The summed E-state index contributed by atoms with van der Waals surface area (Å²) in [5, 5.41) is 8.02. The molecular weight excluding hydrogens is 358 g/mol. The highest BCUT2D eigenvalue weighted by atomic mass is 32.1. The molecule has 2 aliphatic rings. The quantitative estimate of drug-likeness (QED) is 0.386. The van der Waals surface area contributed by atoms with E-state index < -0.39 is 0 Å². The summed E-state index contributed by atoms with van der Waals surface area (Å²) in [5.74, 6) is 1.18. The van der Waals surface area contributed by atoms with Gasteiger partial charge in [0.1, 0.15) is 0 Å². The Labute approximate surface area is 166 Å². The largest absolute Gasteiger partial charge is 0.357 e. The summed E-state index contributed by atoms with van der Waals surface area (Å²) in [6, 6.07) is 0. The van der Waals surface area contributed by atoms with Gasteiger partial charge in [0.2, 0.25) is 5.91 Å². The molecule has 27 heavy (non-hydrogen) atoms. The van der Waals surface area contributed by atoms with Gasteiger partial charge < -0.3 is 15.5 Å². The maximum Gasteiger partial charge on any atom is 0.222 e. The summed E-state index contributed by atoms with van der Waals surface area (Å²) in [6.45, 7) is 6.34. The average molecular weight is 392 g/mol. The van der Waals surface area contributed by atoms with E-state index in [1.807, 2.05) is 16.2 Å². The second-order valence-corrected chi connectivity index (χ2v) is 8.48. The third kappa shape index (κ3) is 6.19. The molecule has 1 amide bonds. The van der Waals surface area contributed by atoms with Crippen molar-refractivity contribution in [3.8, 4) is 0 Å². The fraction of sp³-hybridized carbons (Fsp3) is 0.750. The number of rotatable bonds is 9. The molecule has 3 rings (SSSR count). The van der Waals surface area contributed by atoms with Gasteiger partial charge in [-0.25, -0.2) is 4.98 Å². The second-order valence-electron chi connectivity index (χ2n) is 7.31. The number of likely N-dealkylation sites (tertiary alicyclic amines) is 1. The van der Waals surface area contributed by atoms with Crippen molar-refractivity contribution in [1.29, 1.82) is 0 Å². The number of aryl methyl sites for hydroxylation is 3. The summed E-state index contributed by atoms with van der Waals surface area (Å²) in [6.07, 6.45) is 9.78. The molecule has 0 saturated carbocycles. The monoisotopic (exact) mass is 391 g/mol. The summed E-state index contributed by atoms with van der Waals surface area (Å²) < 4.78 is 0. The van der Waals surface area contributed by atoms with Crippen LogP contribution in [-0.2, 0) is 24.1 Å². The molecule has 0 spiro atoms. The summed E-state index contributed by atoms with van der Waals surface area (Å²) in [7, 11) is 0. The lowest BCUT2D eigenvalue weighted by molar-refractivity contribution is -0.127. The third-order valence-corrected chi connectivity index (χ3v) is 6.34. The first-order chi connectivity index (χ1) is 13.3. The van der Waals surface area contributed by atoms with Crippen LogP contribution in [-0.4, -0.2) is 54.5 Å². The van der Waals surface area contributed by atoms with E-state index in [0.717, 1.165) is 70.8 Å². The lowest BCUT2D eigenvalue weighted by Crippen LogP contribution is -2.38. The van der Waals surface area contributed by atoms with Crippen LogP contribution in [0.2, 0.25) is 0 Å². The van der Waals surface area contributed by atoms with Crippen LogP contribution in [0.1, 0.15) is 61.0 Å². The Morgan fingerprint density at radius 3 is 2.85 bits per heavy atom. The lowest BCUT2D eigenvalue weighted by Gasteiger charge is -2.15. The van der Waals surface area contributed by atoms with Gasteiger partial charge in [0.25, 0.3) is 0 Å². The second kappa shape index (κ2) is 10.6. The molecule has 1 fully saturated rings. The summed E-state index contributed by atoms with van der Waals surface area (Å²) in [4.78, 5) is 24.6. The third-order valence-electron chi connectivity index (χ3n) is 5.12. The highest BCUT2D eigenvalue weighted by Gasteiger charge is 2.19. The highest BCUT2D eigenvalue weighted by molar-refractivity contribution is 7.11. The van der Waals surface area contributed by atoms with Crippen LogP contribution in [0, 0.1) is 0 Å². The Morgan fingerprint density at radius 1 is 1.19 bits per heavy atom. The number of hydrogen-bond donors (Lipinski definition) is 2. The fourth-order valence-electron chi connectivity index (χ4n) is 3.69. The van der Waals surface area contributed by atoms with Gasteiger partial charge in [-0.3, -0.25) is 9.79 Å². The van der Waals surface area contributed by atoms with Crippen LogP contribution in [0.4, 0.5) is 0 Å². The molecule has 0 atom stereocenters. The van der Waals surface area contributed by atoms with Gasteiger partial charge in [0, 0.05) is 50.4 Å². The van der Waals surface area contributed by atoms with Crippen molar-refractivity contribution < 1.29 is 4.79 Å². The standard InChI is InChI=1S/C20H33N5OS/c1-2-21-20(23-13-7-15-25-14-6-11-19(25)26)22-12-5-10-18-24-16-8-3-4-9-17(16)27-18/h2-15H2,1H3,(H2,21,22,23). The van der Waals surface area contributed by atoms with Crippen molar-refractivity contribution in [2.45, 2.75) is 64.7 Å². The van der Waals surface area contributed by atoms with Gasteiger partial charge in [0.05, 0.1) is 10.7 Å². The van der Waals surface area contributed by atoms with Gasteiger partial charge in [-0.15, -0.1) is 11.3 Å². The lowest BCUT2D eigenvalue weighted by atomic mass is 10.0. The van der Waals surface area contributed by atoms with Gasteiger partial charge in [-0.05, 0) is 51.9 Å². The van der Waals surface area contributed by atoms with Crippen molar-refractivity contribution in [3.05, 3.63) is 15.6 Å². The number of hydrogen-bond acceptors (Lipinski definition) is 4. The SMILES string of the molecule is CCNC(=NCCCN1CCCC1=O)NCCCc1nc2c(s1)CCCC2. The molecule has 1 aliphatic carbocycles. The predicted molar refractivity (Wildman–Crippen MR) is 111 cm³/mol. The average Bonchev–Trinajstić information content (AvgIpc) is 3.27. The molecular formula is C20H33N5OS. The summed E-state index contributed by atoms with van der Waals surface area (Å²) >= 11 is 1.92. The highest BCUT2D eigenvalue weighted by Crippen LogP contribution is 2.27. The number of guanidine groups is 1. The Morgan fingerprint density at radius 2 is 2.07 bits per heavy atom. The first-order valence-corrected chi connectivity index (χ1v) is 11.4. The van der Waals surface area contributed by atoms with Crippen LogP contribution in [0.15, 0.2) is 4.99 Å². The van der Waals surface area contributed by atoms with E-state index in [2.05, 4.69) is 22.5 Å². The fourth-order valence-corrected chi connectivity index (χ4v) is 4.89. The first kappa shape index (κ1) is 20.1. The molecule has 0 aromatic carbocycles. The number of amides is 1. The molecule has 1 aromatic heterocycles. The van der Waals surface area contributed by atoms with Crippen LogP contribution in [0.25, 0.3) is 0 Å². The number of carbonyl (C=O) groups is 1. The van der Waals surface area contributed by atoms with Gasteiger partial charge in [0.15, 0.2) is 5.96 Å². The van der Waals surface area contributed by atoms with E-state index in [4.69, 9.17) is 4.98 Å². The first-order valence-electron chi connectivity index (χ1n) is 10.5. The van der Waals surface area contributed by atoms with E-state index in [0.29, 0.717) is 5.91 Å². The minimum Gasteiger partial charge on any atom is -0.357 e. The maximum absolute atomic E-state index is 11.6. The minimum atomic E-state index is 0.299. The molecule has 0 radical (unpaired) electrons. The van der Waals surface area contributed by atoms with Crippen LogP contribution in [0.5, 0.6) is 0 Å². The number of nitrogens with one attached hydrogen (secondary N) is 2. The number of aromatic nitrogens is 1. The predicted octanol–water partition coefficient (Wildman–Crippen LogP) is 2.52. The molecule has 1 saturated heterocycles. The maximum atomic E-state index is 11.6. The molecule has 0 unspecified atom stereocenters. The van der Waals surface area contributed by atoms with E-state index in [1.165, 1.54) is 41.3 Å². The number of thiazole rings is 1. The summed E-state index contributed by atoms with van der Waals surface area (Å²) in [5.41, 5.74) is 1.36. The van der Waals surface area contributed by atoms with Crippen LogP contribution < -0.4 is 10.6 Å². The topological polar surface area (TPSA) is 69.6 Å². The van der Waals surface area contributed by atoms with Crippen LogP contribution in [0.3, 0.4) is 0 Å².